The van der Waals surface area contributed by atoms with Crippen molar-refractivity contribution >= 4 is 12.3 Å². The molecule has 102 valence electrons. The summed E-state index contributed by atoms with van der Waals surface area (Å²) in [4.78, 5) is 25.9. The molecule has 0 unspecified atom stereocenters. The van der Waals surface area contributed by atoms with Crippen LogP contribution >= 0.6 is 0 Å². The lowest BCUT2D eigenvalue weighted by molar-refractivity contribution is -0.137. The van der Waals surface area contributed by atoms with Crippen LogP contribution in [0.15, 0.2) is 24.3 Å². The second-order valence-electron chi connectivity index (χ2n) is 4.63. The Kier molecular flexibility index (Phi) is 4.39. The van der Waals surface area contributed by atoms with Crippen molar-refractivity contribution in [3.05, 3.63) is 29.8 Å². The van der Waals surface area contributed by atoms with Gasteiger partial charge in [0.1, 0.15) is 5.75 Å². The first-order valence-electron chi connectivity index (χ1n) is 6.35. The first kappa shape index (κ1) is 13.4. The number of nitrogens with zero attached hydrogens (tertiary/aromatic N) is 2. The van der Waals surface area contributed by atoms with Crippen LogP contribution in [-0.4, -0.2) is 54.9 Å². The molecule has 2 amide bonds. The fraction of sp³-hybridized carbons (Fsp3) is 0.429. The highest BCUT2D eigenvalue weighted by Crippen LogP contribution is 2.12. The summed E-state index contributed by atoms with van der Waals surface area (Å²) in [7, 11) is 0. The number of carbonyl (C=O) groups is 2. The molecule has 1 saturated heterocycles. The molecule has 1 aliphatic heterocycles. The Bertz CT molecular complexity index is 454. The van der Waals surface area contributed by atoms with Crippen molar-refractivity contribution < 1.29 is 14.3 Å². The maximum Gasteiger partial charge on any atom is 0.260 e. The number of rotatable bonds is 4. The van der Waals surface area contributed by atoms with Crippen LogP contribution in [0.25, 0.3) is 0 Å². The smallest absolute Gasteiger partial charge is 0.260 e. The molecule has 0 aliphatic carbocycles. The van der Waals surface area contributed by atoms with Crippen molar-refractivity contribution in [2.45, 2.75) is 6.92 Å². The molecule has 5 heteroatoms. The monoisotopic (exact) mass is 262 g/mol. The third kappa shape index (κ3) is 3.71. The van der Waals surface area contributed by atoms with E-state index in [1.807, 2.05) is 31.2 Å². The molecule has 0 bridgehead atoms. The standard InChI is InChI=1S/C14H18N2O3/c1-12-3-2-4-13(9-12)19-10-14(18)16-7-5-15(11-17)6-8-16/h2-4,9,11H,5-8,10H2,1H3. The lowest BCUT2D eigenvalue weighted by Crippen LogP contribution is -2.49. The van der Waals surface area contributed by atoms with E-state index in [2.05, 4.69) is 0 Å². The first-order valence-corrected chi connectivity index (χ1v) is 6.35. The molecule has 1 aromatic carbocycles. The lowest BCUT2D eigenvalue weighted by Gasteiger charge is -2.32. The third-order valence-corrected chi connectivity index (χ3v) is 3.17. The second-order valence-corrected chi connectivity index (χ2v) is 4.63. The Labute approximate surface area is 112 Å². The van der Waals surface area contributed by atoms with Crippen molar-refractivity contribution in [3.63, 3.8) is 0 Å². The van der Waals surface area contributed by atoms with Crippen LogP contribution in [0.3, 0.4) is 0 Å². The molecule has 0 N–H and O–H groups in total. The van der Waals surface area contributed by atoms with Gasteiger partial charge in [0.2, 0.25) is 6.41 Å². The second kappa shape index (κ2) is 6.22. The number of ether oxygens (including phenoxy) is 1. The minimum absolute atomic E-state index is 0.0351. The number of benzene rings is 1. The van der Waals surface area contributed by atoms with Crippen molar-refractivity contribution in [1.29, 1.82) is 0 Å². The van der Waals surface area contributed by atoms with Gasteiger partial charge in [-0.1, -0.05) is 12.1 Å². The van der Waals surface area contributed by atoms with Gasteiger partial charge in [-0.3, -0.25) is 9.59 Å². The molecule has 1 aromatic rings. The third-order valence-electron chi connectivity index (χ3n) is 3.17. The van der Waals surface area contributed by atoms with E-state index in [9.17, 15) is 9.59 Å². The summed E-state index contributed by atoms with van der Waals surface area (Å²) in [6, 6.07) is 7.62. The van der Waals surface area contributed by atoms with E-state index in [4.69, 9.17) is 4.74 Å². The molecule has 0 saturated carbocycles. The lowest BCUT2D eigenvalue weighted by atomic mass is 10.2. The van der Waals surface area contributed by atoms with Gasteiger partial charge in [-0.25, -0.2) is 0 Å². The fourth-order valence-electron chi connectivity index (χ4n) is 2.02. The molecule has 1 fully saturated rings. The molecule has 0 atom stereocenters. The Morgan fingerprint density at radius 2 is 2.05 bits per heavy atom. The molecule has 1 heterocycles. The fourth-order valence-corrected chi connectivity index (χ4v) is 2.02. The molecule has 2 rings (SSSR count). The van der Waals surface area contributed by atoms with Crippen LogP contribution in [0.5, 0.6) is 5.75 Å². The summed E-state index contributed by atoms with van der Waals surface area (Å²) in [6.45, 7) is 4.38. The summed E-state index contributed by atoms with van der Waals surface area (Å²) in [5, 5.41) is 0. The van der Waals surface area contributed by atoms with Crippen LogP contribution in [0.4, 0.5) is 0 Å². The van der Waals surface area contributed by atoms with Gasteiger partial charge in [0, 0.05) is 26.2 Å². The molecule has 0 aromatic heterocycles. The largest absolute Gasteiger partial charge is 0.484 e. The molecule has 0 radical (unpaired) electrons. The van der Waals surface area contributed by atoms with Crippen molar-refractivity contribution in [2.24, 2.45) is 0 Å². The van der Waals surface area contributed by atoms with Gasteiger partial charge in [-0.2, -0.15) is 0 Å². The van der Waals surface area contributed by atoms with E-state index >= 15 is 0 Å². The first-order chi connectivity index (χ1) is 9.19. The van der Waals surface area contributed by atoms with Crippen LogP contribution < -0.4 is 4.74 Å². The molecule has 19 heavy (non-hydrogen) atoms. The van der Waals surface area contributed by atoms with Gasteiger partial charge >= 0.3 is 0 Å². The number of piperazine rings is 1. The minimum Gasteiger partial charge on any atom is -0.484 e. The molecule has 5 nitrogen and oxygen atoms in total. The van der Waals surface area contributed by atoms with Gasteiger partial charge in [0.25, 0.3) is 5.91 Å². The topological polar surface area (TPSA) is 49.9 Å². The van der Waals surface area contributed by atoms with Crippen LogP contribution in [0, 0.1) is 6.92 Å². The van der Waals surface area contributed by atoms with Gasteiger partial charge in [-0.05, 0) is 24.6 Å². The normalized spacial score (nSPS) is 15.2. The van der Waals surface area contributed by atoms with Crippen LogP contribution in [0.2, 0.25) is 0 Å². The maximum atomic E-state index is 11.9. The van der Waals surface area contributed by atoms with E-state index in [0.717, 1.165) is 12.0 Å². The Morgan fingerprint density at radius 1 is 1.32 bits per heavy atom. The van der Waals surface area contributed by atoms with Crippen LogP contribution in [0.1, 0.15) is 5.56 Å². The van der Waals surface area contributed by atoms with Gasteiger partial charge in [-0.15, -0.1) is 0 Å². The van der Waals surface area contributed by atoms with Crippen molar-refractivity contribution in [1.82, 2.24) is 9.80 Å². The summed E-state index contributed by atoms with van der Waals surface area (Å²) >= 11 is 0. The van der Waals surface area contributed by atoms with Gasteiger partial charge < -0.3 is 14.5 Å². The maximum absolute atomic E-state index is 11.9. The van der Waals surface area contributed by atoms with E-state index in [0.29, 0.717) is 31.9 Å². The highest BCUT2D eigenvalue weighted by Gasteiger charge is 2.20. The number of hydrogen-bond acceptors (Lipinski definition) is 3. The number of amides is 2. The van der Waals surface area contributed by atoms with Crippen molar-refractivity contribution in [3.8, 4) is 5.75 Å². The zero-order valence-electron chi connectivity index (χ0n) is 11.0. The van der Waals surface area contributed by atoms with E-state index in [-0.39, 0.29) is 12.5 Å². The molecular formula is C14H18N2O3. The number of hydrogen-bond donors (Lipinski definition) is 0. The zero-order valence-corrected chi connectivity index (χ0v) is 11.0. The van der Waals surface area contributed by atoms with E-state index in [1.54, 1.807) is 9.80 Å². The highest BCUT2D eigenvalue weighted by atomic mass is 16.5. The minimum atomic E-state index is -0.0351. The summed E-state index contributed by atoms with van der Waals surface area (Å²) < 4.78 is 5.48. The molecular weight excluding hydrogens is 244 g/mol. The predicted octanol–water partition coefficient (Wildman–Crippen LogP) is 0.674. The Balaban J connectivity index is 1.80. The quantitative estimate of drug-likeness (QED) is 0.750. The van der Waals surface area contributed by atoms with Crippen molar-refractivity contribution in [2.75, 3.05) is 32.8 Å². The Morgan fingerprint density at radius 3 is 2.68 bits per heavy atom. The van der Waals surface area contributed by atoms with E-state index < -0.39 is 0 Å². The van der Waals surface area contributed by atoms with Gasteiger partial charge in [0.15, 0.2) is 6.61 Å². The average molecular weight is 262 g/mol. The SMILES string of the molecule is Cc1cccc(OCC(=O)N2CCN(C=O)CC2)c1. The van der Waals surface area contributed by atoms with Crippen LogP contribution in [-0.2, 0) is 9.59 Å². The highest BCUT2D eigenvalue weighted by molar-refractivity contribution is 5.78. The Hall–Kier alpha value is -2.04. The molecule has 1 aliphatic rings. The number of aryl methyl sites for hydroxylation is 1. The zero-order chi connectivity index (χ0) is 13.7. The molecule has 0 spiro atoms. The summed E-state index contributed by atoms with van der Waals surface area (Å²) in [5.41, 5.74) is 1.10. The number of carbonyl (C=O) groups excluding carboxylic acids is 2. The van der Waals surface area contributed by atoms with Gasteiger partial charge in [0.05, 0.1) is 0 Å². The summed E-state index contributed by atoms with van der Waals surface area (Å²) in [6.07, 6.45) is 0.824. The van der Waals surface area contributed by atoms with E-state index in [1.165, 1.54) is 0 Å². The average Bonchev–Trinajstić information content (AvgIpc) is 2.45. The summed E-state index contributed by atoms with van der Waals surface area (Å²) in [5.74, 6) is 0.673. The predicted molar refractivity (Wildman–Crippen MR) is 70.9 cm³/mol.